The molecule has 0 atom stereocenters. The summed E-state index contributed by atoms with van der Waals surface area (Å²) in [6, 6.07) is 16.8. The molecule has 2 heteroatoms. The van der Waals surface area contributed by atoms with Gasteiger partial charge in [0.05, 0.1) is 0 Å². The SMILES string of the molecule is Nc1cccc2c1CCN2Cc1ccccc1. The van der Waals surface area contributed by atoms with Crippen molar-refractivity contribution >= 4 is 11.4 Å². The van der Waals surface area contributed by atoms with Gasteiger partial charge in [-0.2, -0.15) is 0 Å². The zero-order chi connectivity index (χ0) is 11.7. The molecule has 0 bridgehead atoms. The molecule has 2 nitrogen and oxygen atoms in total. The van der Waals surface area contributed by atoms with Gasteiger partial charge in [0.25, 0.3) is 0 Å². The first kappa shape index (κ1) is 10.2. The van der Waals surface area contributed by atoms with Crippen LogP contribution in [0.5, 0.6) is 0 Å². The van der Waals surface area contributed by atoms with Gasteiger partial charge in [0, 0.05) is 30.0 Å². The first-order valence-electron chi connectivity index (χ1n) is 6.01. The Balaban J connectivity index is 1.87. The van der Waals surface area contributed by atoms with Gasteiger partial charge in [-0.05, 0) is 24.1 Å². The lowest BCUT2D eigenvalue weighted by Crippen LogP contribution is -2.19. The summed E-state index contributed by atoms with van der Waals surface area (Å²) in [5.41, 5.74) is 10.9. The predicted molar refractivity (Wildman–Crippen MR) is 72.1 cm³/mol. The number of nitrogens with two attached hydrogens (primary N) is 1. The number of nitrogens with zero attached hydrogens (tertiary/aromatic N) is 1. The third-order valence-electron chi connectivity index (χ3n) is 3.38. The van der Waals surface area contributed by atoms with E-state index in [9.17, 15) is 0 Å². The average Bonchev–Trinajstić information content (AvgIpc) is 2.76. The van der Waals surface area contributed by atoms with Crippen LogP contribution in [-0.2, 0) is 13.0 Å². The van der Waals surface area contributed by atoms with Crippen molar-refractivity contribution in [2.24, 2.45) is 0 Å². The maximum Gasteiger partial charge on any atom is 0.0429 e. The maximum atomic E-state index is 6.00. The number of anilines is 2. The van der Waals surface area contributed by atoms with Crippen molar-refractivity contribution in [1.29, 1.82) is 0 Å². The van der Waals surface area contributed by atoms with E-state index in [0.717, 1.165) is 25.2 Å². The Hall–Kier alpha value is -1.96. The molecule has 0 unspecified atom stereocenters. The van der Waals surface area contributed by atoms with Gasteiger partial charge in [0.1, 0.15) is 0 Å². The monoisotopic (exact) mass is 224 g/mol. The fourth-order valence-corrected chi connectivity index (χ4v) is 2.50. The van der Waals surface area contributed by atoms with Crippen LogP contribution >= 0.6 is 0 Å². The lowest BCUT2D eigenvalue weighted by atomic mass is 10.1. The molecule has 0 spiro atoms. The summed E-state index contributed by atoms with van der Waals surface area (Å²) in [5, 5.41) is 0. The van der Waals surface area contributed by atoms with Crippen molar-refractivity contribution in [1.82, 2.24) is 0 Å². The Kier molecular flexibility index (Phi) is 2.48. The fourth-order valence-electron chi connectivity index (χ4n) is 2.50. The second-order valence-corrected chi connectivity index (χ2v) is 4.50. The van der Waals surface area contributed by atoms with E-state index in [-0.39, 0.29) is 0 Å². The van der Waals surface area contributed by atoms with Crippen LogP contribution in [0.3, 0.4) is 0 Å². The van der Waals surface area contributed by atoms with Gasteiger partial charge in [-0.3, -0.25) is 0 Å². The Labute approximate surface area is 102 Å². The summed E-state index contributed by atoms with van der Waals surface area (Å²) in [5.74, 6) is 0. The minimum atomic E-state index is 0.929. The van der Waals surface area contributed by atoms with Crippen molar-refractivity contribution in [3.05, 3.63) is 59.7 Å². The molecular weight excluding hydrogens is 208 g/mol. The number of fused-ring (bicyclic) bond motifs is 1. The largest absolute Gasteiger partial charge is 0.398 e. The maximum absolute atomic E-state index is 6.00. The van der Waals surface area contributed by atoms with Gasteiger partial charge in [0.15, 0.2) is 0 Å². The zero-order valence-electron chi connectivity index (χ0n) is 9.76. The molecule has 2 aromatic rings. The Morgan fingerprint density at radius 3 is 2.65 bits per heavy atom. The van der Waals surface area contributed by atoms with Gasteiger partial charge < -0.3 is 10.6 Å². The third kappa shape index (κ3) is 1.86. The summed E-state index contributed by atoms with van der Waals surface area (Å²) in [6.07, 6.45) is 1.06. The third-order valence-corrected chi connectivity index (χ3v) is 3.38. The first-order valence-corrected chi connectivity index (χ1v) is 6.01. The summed E-state index contributed by atoms with van der Waals surface area (Å²) >= 11 is 0. The highest BCUT2D eigenvalue weighted by Gasteiger charge is 2.20. The van der Waals surface area contributed by atoms with E-state index in [1.165, 1.54) is 16.8 Å². The van der Waals surface area contributed by atoms with Gasteiger partial charge in [-0.15, -0.1) is 0 Å². The number of hydrogen-bond acceptors (Lipinski definition) is 2. The zero-order valence-corrected chi connectivity index (χ0v) is 9.76. The highest BCUT2D eigenvalue weighted by Crippen LogP contribution is 2.32. The minimum Gasteiger partial charge on any atom is -0.398 e. The van der Waals surface area contributed by atoms with Crippen LogP contribution in [0.2, 0.25) is 0 Å². The second kappa shape index (κ2) is 4.13. The highest BCUT2D eigenvalue weighted by atomic mass is 15.1. The molecule has 0 radical (unpaired) electrons. The van der Waals surface area contributed by atoms with E-state index in [1.807, 2.05) is 12.1 Å². The molecule has 0 aromatic heterocycles. The highest BCUT2D eigenvalue weighted by molar-refractivity contribution is 5.68. The van der Waals surface area contributed by atoms with Crippen molar-refractivity contribution in [2.45, 2.75) is 13.0 Å². The Morgan fingerprint density at radius 2 is 1.82 bits per heavy atom. The number of hydrogen-bond donors (Lipinski definition) is 1. The lowest BCUT2D eigenvalue weighted by Gasteiger charge is -2.19. The molecule has 1 aliphatic heterocycles. The average molecular weight is 224 g/mol. The molecule has 1 heterocycles. The van der Waals surface area contributed by atoms with E-state index < -0.39 is 0 Å². The van der Waals surface area contributed by atoms with Crippen LogP contribution in [0.25, 0.3) is 0 Å². The van der Waals surface area contributed by atoms with Gasteiger partial charge in [0.2, 0.25) is 0 Å². The smallest absolute Gasteiger partial charge is 0.0429 e. The number of nitrogen functional groups attached to an aromatic ring is 1. The van der Waals surface area contributed by atoms with Crippen molar-refractivity contribution in [3.63, 3.8) is 0 Å². The quantitative estimate of drug-likeness (QED) is 0.795. The molecular formula is C15H16N2. The molecule has 17 heavy (non-hydrogen) atoms. The molecule has 3 rings (SSSR count). The molecule has 0 saturated heterocycles. The second-order valence-electron chi connectivity index (χ2n) is 4.50. The minimum absolute atomic E-state index is 0.929. The fraction of sp³-hybridized carbons (Fsp3) is 0.200. The number of benzene rings is 2. The van der Waals surface area contributed by atoms with Crippen LogP contribution in [0.15, 0.2) is 48.5 Å². The molecule has 0 fully saturated rings. The summed E-state index contributed by atoms with van der Waals surface area (Å²) in [7, 11) is 0. The van der Waals surface area contributed by atoms with Crippen molar-refractivity contribution in [2.75, 3.05) is 17.2 Å². The summed E-state index contributed by atoms with van der Waals surface area (Å²) in [4.78, 5) is 2.40. The molecule has 0 amide bonds. The molecule has 2 aromatic carbocycles. The van der Waals surface area contributed by atoms with Gasteiger partial charge in [-0.25, -0.2) is 0 Å². The molecule has 0 saturated carbocycles. The van der Waals surface area contributed by atoms with E-state index in [0.29, 0.717) is 0 Å². The van der Waals surface area contributed by atoms with E-state index in [4.69, 9.17) is 5.73 Å². The van der Waals surface area contributed by atoms with E-state index in [2.05, 4.69) is 41.3 Å². The molecule has 2 N–H and O–H groups in total. The molecule has 1 aliphatic rings. The van der Waals surface area contributed by atoms with Gasteiger partial charge >= 0.3 is 0 Å². The normalized spacial score (nSPS) is 13.8. The predicted octanol–water partition coefficient (Wildman–Crippen LogP) is 2.83. The lowest BCUT2D eigenvalue weighted by molar-refractivity contribution is 0.836. The summed E-state index contributed by atoms with van der Waals surface area (Å²) in [6.45, 7) is 2.04. The van der Waals surface area contributed by atoms with Crippen molar-refractivity contribution < 1.29 is 0 Å². The van der Waals surface area contributed by atoms with E-state index in [1.54, 1.807) is 0 Å². The van der Waals surface area contributed by atoms with Crippen LogP contribution in [0.4, 0.5) is 11.4 Å². The summed E-state index contributed by atoms with van der Waals surface area (Å²) < 4.78 is 0. The molecule has 0 aliphatic carbocycles. The van der Waals surface area contributed by atoms with Gasteiger partial charge in [-0.1, -0.05) is 36.4 Å². The standard InChI is InChI=1S/C15H16N2/c16-14-7-4-8-15-13(14)9-10-17(15)11-12-5-2-1-3-6-12/h1-8H,9-11,16H2. The Morgan fingerprint density at radius 1 is 1.00 bits per heavy atom. The van der Waals surface area contributed by atoms with E-state index >= 15 is 0 Å². The number of rotatable bonds is 2. The van der Waals surface area contributed by atoms with Crippen LogP contribution in [-0.4, -0.2) is 6.54 Å². The Bertz CT molecular complexity index is 520. The molecule has 86 valence electrons. The first-order chi connectivity index (χ1) is 8.34. The van der Waals surface area contributed by atoms with Crippen LogP contribution in [0, 0.1) is 0 Å². The van der Waals surface area contributed by atoms with Crippen LogP contribution < -0.4 is 10.6 Å². The topological polar surface area (TPSA) is 29.3 Å². The van der Waals surface area contributed by atoms with Crippen LogP contribution in [0.1, 0.15) is 11.1 Å². The van der Waals surface area contributed by atoms with Crippen molar-refractivity contribution in [3.8, 4) is 0 Å².